The van der Waals surface area contributed by atoms with Crippen molar-refractivity contribution in [2.75, 3.05) is 6.61 Å². The van der Waals surface area contributed by atoms with Gasteiger partial charge in [0.25, 0.3) is 5.91 Å². The molecule has 0 fully saturated rings. The first kappa shape index (κ1) is 17.2. The molecular weight excluding hydrogens is 356 g/mol. The van der Waals surface area contributed by atoms with E-state index in [1.165, 1.54) is 0 Å². The quantitative estimate of drug-likeness (QED) is 0.637. The van der Waals surface area contributed by atoms with Crippen molar-refractivity contribution >= 4 is 28.1 Å². The van der Waals surface area contributed by atoms with Gasteiger partial charge < -0.3 is 4.74 Å². The van der Waals surface area contributed by atoms with Crippen molar-refractivity contribution in [1.29, 1.82) is 0 Å². The van der Waals surface area contributed by atoms with Gasteiger partial charge in [0.15, 0.2) is 6.61 Å². The predicted octanol–water partition coefficient (Wildman–Crippen LogP) is 3.90. The SMILES string of the molecule is Cc1cc(C)c(OCC(=O)N/N=C\c2ccccc2C)c(Br)c1. The number of benzene rings is 2. The number of amides is 1. The lowest BCUT2D eigenvalue weighted by Crippen LogP contribution is -2.25. The minimum atomic E-state index is -0.304. The van der Waals surface area contributed by atoms with Gasteiger partial charge in [0.1, 0.15) is 5.75 Å². The monoisotopic (exact) mass is 374 g/mol. The molecule has 0 unspecified atom stereocenters. The zero-order valence-corrected chi connectivity index (χ0v) is 15.0. The van der Waals surface area contributed by atoms with Crippen LogP contribution in [0.5, 0.6) is 5.75 Å². The largest absolute Gasteiger partial charge is 0.482 e. The molecule has 0 atom stereocenters. The van der Waals surface area contributed by atoms with Crippen LogP contribution < -0.4 is 10.2 Å². The van der Waals surface area contributed by atoms with Gasteiger partial charge in [-0.15, -0.1) is 0 Å². The van der Waals surface area contributed by atoms with Crippen molar-refractivity contribution in [3.8, 4) is 5.75 Å². The van der Waals surface area contributed by atoms with Crippen LogP contribution in [0.25, 0.3) is 0 Å². The van der Waals surface area contributed by atoms with Gasteiger partial charge in [-0.25, -0.2) is 5.43 Å². The third-order valence-corrected chi connectivity index (χ3v) is 3.89. The number of hydrazone groups is 1. The normalized spacial score (nSPS) is 10.8. The topological polar surface area (TPSA) is 50.7 Å². The van der Waals surface area contributed by atoms with Gasteiger partial charge >= 0.3 is 0 Å². The summed E-state index contributed by atoms with van der Waals surface area (Å²) in [5, 5.41) is 3.96. The van der Waals surface area contributed by atoms with E-state index in [0.717, 1.165) is 26.7 Å². The van der Waals surface area contributed by atoms with Crippen molar-refractivity contribution in [2.24, 2.45) is 5.10 Å². The number of halogens is 1. The van der Waals surface area contributed by atoms with Crippen LogP contribution in [0.1, 0.15) is 22.3 Å². The number of rotatable bonds is 5. The fourth-order valence-electron chi connectivity index (χ4n) is 2.16. The van der Waals surface area contributed by atoms with Crippen LogP contribution in [-0.4, -0.2) is 18.7 Å². The highest BCUT2D eigenvalue weighted by molar-refractivity contribution is 9.10. The Labute approximate surface area is 144 Å². The minimum Gasteiger partial charge on any atom is -0.482 e. The molecular formula is C18H19BrN2O2. The molecule has 1 amide bonds. The lowest BCUT2D eigenvalue weighted by atomic mass is 10.1. The Morgan fingerprint density at radius 1 is 1.22 bits per heavy atom. The fourth-order valence-corrected chi connectivity index (χ4v) is 2.95. The summed E-state index contributed by atoms with van der Waals surface area (Å²) in [6.45, 7) is 5.85. The molecule has 5 heteroatoms. The molecule has 0 heterocycles. The molecule has 23 heavy (non-hydrogen) atoms. The maximum absolute atomic E-state index is 11.8. The highest BCUT2D eigenvalue weighted by Gasteiger charge is 2.08. The van der Waals surface area contributed by atoms with Gasteiger partial charge in [-0.2, -0.15) is 5.10 Å². The number of carbonyl (C=O) groups is 1. The van der Waals surface area contributed by atoms with Gasteiger partial charge in [0.2, 0.25) is 0 Å². The Morgan fingerprint density at radius 3 is 2.65 bits per heavy atom. The van der Waals surface area contributed by atoms with E-state index in [1.807, 2.05) is 57.2 Å². The molecule has 0 bridgehead atoms. The maximum Gasteiger partial charge on any atom is 0.277 e. The van der Waals surface area contributed by atoms with E-state index in [9.17, 15) is 4.79 Å². The lowest BCUT2D eigenvalue weighted by molar-refractivity contribution is -0.123. The van der Waals surface area contributed by atoms with Crippen LogP contribution in [0.2, 0.25) is 0 Å². The molecule has 2 aromatic carbocycles. The Balaban J connectivity index is 1.90. The van der Waals surface area contributed by atoms with E-state index >= 15 is 0 Å². The third-order valence-electron chi connectivity index (χ3n) is 3.30. The predicted molar refractivity (Wildman–Crippen MR) is 96.0 cm³/mol. The van der Waals surface area contributed by atoms with Crippen molar-refractivity contribution < 1.29 is 9.53 Å². The van der Waals surface area contributed by atoms with E-state index in [-0.39, 0.29) is 12.5 Å². The molecule has 0 aliphatic heterocycles. The highest BCUT2D eigenvalue weighted by Crippen LogP contribution is 2.30. The molecule has 1 N–H and O–H groups in total. The summed E-state index contributed by atoms with van der Waals surface area (Å²) in [7, 11) is 0. The molecule has 120 valence electrons. The molecule has 4 nitrogen and oxygen atoms in total. The van der Waals surface area contributed by atoms with E-state index < -0.39 is 0 Å². The maximum atomic E-state index is 11.8. The molecule has 0 saturated heterocycles. The molecule has 0 aliphatic rings. The van der Waals surface area contributed by atoms with Crippen molar-refractivity contribution in [2.45, 2.75) is 20.8 Å². The number of nitrogens with zero attached hydrogens (tertiary/aromatic N) is 1. The fraction of sp³-hybridized carbons (Fsp3) is 0.222. The first-order valence-corrected chi connectivity index (χ1v) is 8.03. The Bertz CT molecular complexity index is 719. The number of nitrogens with one attached hydrogen (secondary N) is 1. The van der Waals surface area contributed by atoms with Crippen LogP contribution in [0, 0.1) is 20.8 Å². The van der Waals surface area contributed by atoms with E-state index in [1.54, 1.807) is 6.21 Å². The summed E-state index contributed by atoms with van der Waals surface area (Å²) in [5.41, 5.74) is 6.64. The van der Waals surface area contributed by atoms with Crippen LogP contribution in [-0.2, 0) is 4.79 Å². The summed E-state index contributed by atoms with van der Waals surface area (Å²) in [5.74, 6) is 0.371. The third kappa shape index (κ3) is 4.93. The Morgan fingerprint density at radius 2 is 1.96 bits per heavy atom. The summed E-state index contributed by atoms with van der Waals surface area (Å²) in [6, 6.07) is 11.8. The molecule has 0 radical (unpaired) electrons. The number of aryl methyl sites for hydroxylation is 3. The second-order valence-corrected chi connectivity index (χ2v) is 6.19. The molecule has 2 rings (SSSR count). The van der Waals surface area contributed by atoms with Crippen LogP contribution >= 0.6 is 15.9 Å². The standard InChI is InChI=1S/C18H19BrN2O2/c1-12-8-14(3)18(16(19)9-12)23-11-17(22)21-20-10-15-7-5-4-6-13(15)2/h4-10H,11H2,1-3H3,(H,21,22)/b20-10-. The summed E-state index contributed by atoms with van der Waals surface area (Å²) in [4.78, 5) is 11.8. The number of carbonyl (C=O) groups excluding carboxylic acids is 1. The van der Waals surface area contributed by atoms with Gasteiger partial charge in [-0.1, -0.05) is 30.3 Å². The highest BCUT2D eigenvalue weighted by atomic mass is 79.9. The van der Waals surface area contributed by atoms with Crippen molar-refractivity contribution in [3.63, 3.8) is 0 Å². The number of hydrogen-bond acceptors (Lipinski definition) is 3. The molecule has 2 aromatic rings. The number of hydrogen-bond donors (Lipinski definition) is 1. The van der Waals surface area contributed by atoms with Gasteiger partial charge in [-0.05, 0) is 65.0 Å². The van der Waals surface area contributed by atoms with Gasteiger partial charge in [0, 0.05) is 0 Å². The summed E-state index contributed by atoms with van der Waals surface area (Å²) < 4.78 is 6.42. The van der Waals surface area contributed by atoms with E-state index in [2.05, 4.69) is 26.5 Å². The smallest absolute Gasteiger partial charge is 0.277 e. The summed E-state index contributed by atoms with van der Waals surface area (Å²) >= 11 is 3.45. The average molecular weight is 375 g/mol. The lowest BCUT2D eigenvalue weighted by Gasteiger charge is -2.11. The number of ether oxygens (including phenoxy) is 1. The van der Waals surface area contributed by atoms with Crippen LogP contribution in [0.4, 0.5) is 0 Å². The second-order valence-electron chi connectivity index (χ2n) is 5.33. The van der Waals surface area contributed by atoms with Crippen LogP contribution in [0.15, 0.2) is 46.0 Å². The Kier molecular flexibility index (Phi) is 5.93. The zero-order chi connectivity index (χ0) is 16.8. The molecule has 0 saturated carbocycles. The first-order chi connectivity index (χ1) is 11.0. The van der Waals surface area contributed by atoms with Crippen molar-refractivity contribution in [1.82, 2.24) is 5.43 Å². The summed E-state index contributed by atoms with van der Waals surface area (Å²) in [6.07, 6.45) is 1.63. The second kappa shape index (κ2) is 7.92. The van der Waals surface area contributed by atoms with Crippen molar-refractivity contribution in [3.05, 3.63) is 63.1 Å². The van der Waals surface area contributed by atoms with Crippen LogP contribution in [0.3, 0.4) is 0 Å². The molecule has 0 aromatic heterocycles. The average Bonchev–Trinajstić information content (AvgIpc) is 2.48. The first-order valence-electron chi connectivity index (χ1n) is 7.24. The minimum absolute atomic E-state index is 0.0897. The molecule has 0 spiro atoms. The Hall–Kier alpha value is -2.14. The van der Waals surface area contributed by atoms with Gasteiger partial charge in [0.05, 0.1) is 10.7 Å². The molecule has 0 aliphatic carbocycles. The van der Waals surface area contributed by atoms with Gasteiger partial charge in [-0.3, -0.25) is 4.79 Å². The van der Waals surface area contributed by atoms with E-state index in [4.69, 9.17) is 4.74 Å². The zero-order valence-electron chi connectivity index (χ0n) is 13.4. The van der Waals surface area contributed by atoms with E-state index in [0.29, 0.717) is 5.75 Å².